The van der Waals surface area contributed by atoms with Gasteiger partial charge < -0.3 is 9.88 Å². The van der Waals surface area contributed by atoms with Gasteiger partial charge in [0.2, 0.25) is 5.91 Å². The van der Waals surface area contributed by atoms with Crippen molar-refractivity contribution in [2.45, 2.75) is 45.1 Å². The van der Waals surface area contributed by atoms with Gasteiger partial charge in [0.15, 0.2) is 6.29 Å². The zero-order chi connectivity index (χ0) is 14.2. The van der Waals surface area contributed by atoms with Crippen LogP contribution in [-0.2, 0) is 11.3 Å². The molecular weight excluding hydrogens is 252 g/mol. The van der Waals surface area contributed by atoms with E-state index in [0.29, 0.717) is 18.7 Å². The molecule has 0 spiro atoms. The van der Waals surface area contributed by atoms with E-state index in [9.17, 15) is 9.59 Å². The molecule has 0 radical (unpaired) electrons. The molecule has 0 unspecified atom stereocenters. The van der Waals surface area contributed by atoms with Crippen molar-refractivity contribution in [3.8, 4) is 0 Å². The molecule has 1 aromatic rings. The maximum absolute atomic E-state index is 11.7. The molecule has 0 bridgehead atoms. The third-order valence-electron chi connectivity index (χ3n) is 3.72. The Morgan fingerprint density at radius 1 is 1.40 bits per heavy atom. The molecule has 1 N–H and O–H groups in total. The summed E-state index contributed by atoms with van der Waals surface area (Å²) in [5.74, 6) is 0.0481. The maximum Gasteiger partial charge on any atom is 0.221 e. The van der Waals surface area contributed by atoms with Crippen LogP contribution < -0.4 is 5.32 Å². The molecule has 20 heavy (non-hydrogen) atoms. The van der Waals surface area contributed by atoms with Gasteiger partial charge in [-0.2, -0.15) is 0 Å². The second-order valence-corrected chi connectivity index (χ2v) is 5.20. The molecule has 0 saturated carbocycles. The van der Waals surface area contributed by atoms with E-state index in [-0.39, 0.29) is 5.91 Å². The number of aryl methyl sites for hydroxylation is 1. The first-order valence-corrected chi connectivity index (χ1v) is 7.34. The summed E-state index contributed by atoms with van der Waals surface area (Å²) in [6, 6.07) is 3.57. The van der Waals surface area contributed by atoms with Crippen LogP contribution in [0.2, 0.25) is 0 Å². The van der Waals surface area contributed by atoms with Crippen molar-refractivity contribution in [3.63, 3.8) is 0 Å². The zero-order valence-corrected chi connectivity index (χ0v) is 11.8. The van der Waals surface area contributed by atoms with Crippen molar-refractivity contribution >= 4 is 12.2 Å². The normalized spacial score (nSPS) is 14.7. The number of nitrogens with zero attached hydrogens (tertiary/aromatic N) is 1. The topological polar surface area (TPSA) is 51.1 Å². The predicted octanol–water partition coefficient (Wildman–Crippen LogP) is 2.70. The first-order valence-electron chi connectivity index (χ1n) is 7.34. The van der Waals surface area contributed by atoms with Crippen molar-refractivity contribution < 1.29 is 9.59 Å². The predicted molar refractivity (Wildman–Crippen MR) is 78.6 cm³/mol. The number of nitrogens with one attached hydrogen (secondary N) is 1. The van der Waals surface area contributed by atoms with E-state index in [1.807, 2.05) is 12.3 Å². The largest absolute Gasteiger partial charge is 0.356 e. The number of amides is 1. The van der Waals surface area contributed by atoms with E-state index in [0.717, 1.165) is 19.3 Å². The van der Waals surface area contributed by atoms with Gasteiger partial charge in [0.05, 0.1) is 5.69 Å². The van der Waals surface area contributed by atoms with Gasteiger partial charge >= 0.3 is 0 Å². The smallest absolute Gasteiger partial charge is 0.221 e. The van der Waals surface area contributed by atoms with Crippen LogP contribution in [-0.4, -0.2) is 23.3 Å². The van der Waals surface area contributed by atoms with Crippen molar-refractivity contribution in [1.82, 2.24) is 9.88 Å². The Kier molecular flexibility index (Phi) is 5.59. The molecule has 4 nitrogen and oxygen atoms in total. The molecule has 1 aliphatic carbocycles. The van der Waals surface area contributed by atoms with Gasteiger partial charge in [-0.15, -0.1) is 0 Å². The summed E-state index contributed by atoms with van der Waals surface area (Å²) in [7, 11) is 0. The quantitative estimate of drug-likeness (QED) is 0.614. The minimum absolute atomic E-state index is 0.0481. The molecule has 0 aromatic carbocycles. The van der Waals surface area contributed by atoms with Crippen molar-refractivity contribution in [3.05, 3.63) is 35.7 Å². The van der Waals surface area contributed by atoms with Gasteiger partial charge in [0.1, 0.15) is 0 Å². The Morgan fingerprint density at radius 3 is 3.05 bits per heavy atom. The summed E-state index contributed by atoms with van der Waals surface area (Å²) in [5, 5.41) is 2.95. The fourth-order valence-corrected chi connectivity index (χ4v) is 2.54. The lowest BCUT2D eigenvalue weighted by Gasteiger charge is -2.13. The summed E-state index contributed by atoms with van der Waals surface area (Å²) >= 11 is 0. The van der Waals surface area contributed by atoms with E-state index in [2.05, 4.69) is 11.4 Å². The van der Waals surface area contributed by atoms with Gasteiger partial charge in [-0.25, -0.2) is 0 Å². The van der Waals surface area contributed by atoms with Crippen LogP contribution in [0.3, 0.4) is 0 Å². The lowest BCUT2D eigenvalue weighted by atomic mass is 9.97. The summed E-state index contributed by atoms with van der Waals surface area (Å²) < 4.78 is 1.80. The lowest BCUT2D eigenvalue weighted by Crippen LogP contribution is -2.26. The number of carbonyl (C=O) groups excluding carboxylic acids is 2. The number of carbonyl (C=O) groups is 2. The van der Waals surface area contributed by atoms with Crippen LogP contribution in [0.25, 0.3) is 0 Å². The Labute approximate surface area is 119 Å². The Morgan fingerprint density at radius 2 is 2.30 bits per heavy atom. The molecule has 1 aromatic heterocycles. The summed E-state index contributed by atoms with van der Waals surface area (Å²) in [5.41, 5.74) is 2.09. The zero-order valence-electron chi connectivity index (χ0n) is 11.8. The van der Waals surface area contributed by atoms with E-state index in [4.69, 9.17) is 0 Å². The molecule has 2 rings (SSSR count). The SMILES string of the molecule is O=Cc1cccn1CCC(=O)NCCC1=CCCCC1. The molecule has 1 aliphatic rings. The van der Waals surface area contributed by atoms with Gasteiger partial charge in [-0.3, -0.25) is 9.59 Å². The van der Waals surface area contributed by atoms with Crippen LogP contribution in [0.1, 0.15) is 49.0 Å². The van der Waals surface area contributed by atoms with Gasteiger partial charge in [0, 0.05) is 25.7 Å². The molecule has 1 heterocycles. The number of allylic oxidation sites excluding steroid dienone is 1. The van der Waals surface area contributed by atoms with Crippen molar-refractivity contribution in [1.29, 1.82) is 0 Å². The molecule has 0 atom stereocenters. The second-order valence-electron chi connectivity index (χ2n) is 5.20. The van der Waals surface area contributed by atoms with E-state index < -0.39 is 0 Å². The Hall–Kier alpha value is -1.84. The monoisotopic (exact) mass is 274 g/mol. The van der Waals surface area contributed by atoms with E-state index in [1.54, 1.807) is 10.6 Å². The Bertz CT molecular complexity index is 488. The summed E-state index contributed by atoms with van der Waals surface area (Å²) in [6.45, 7) is 1.27. The average Bonchev–Trinajstić information content (AvgIpc) is 2.94. The van der Waals surface area contributed by atoms with Crippen LogP contribution in [0.5, 0.6) is 0 Å². The highest BCUT2D eigenvalue weighted by atomic mass is 16.1. The third-order valence-corrected chi connectivity index (χ3v) is 3.72. The van der Waals surface area contributed by atoms with Gasteiger partial charge in [0.25, 0.3) is 0 Å². The molecule has 0 aliphatic heterocycles. The summed E-state index contributed by atoms with van der Waals surface area (Å²) in [4.78, 5) is 22.5. The number of hydrogen-bond acceptors (Lipinski definition) is 2. The number of aromatic nitrogens is 1. The number of hydrogen-bond donors (Lipinski definition) is 1. The maximum atomic E-state index is 11.7. The average molecular weight is 274 g/mol. The highest BCUT2D eigenvalue weighted by Crippen LogP contribution is 2.19. The molecule has 0 saturated heterocycles. The van der Waals surface area contributed by atoms with Gasteiger partial charge in [-0.1, -0.05) is 11.6 Å². The third kappa shape index (κ3) is 4.37. The first kappa shape index (κ1) is 14.6. The number of rotatable bonds is 7. The van der Waals surface area contributed by atoms with Crippen LogP contribution in [0.15, 0.2) is 30.0 Å². The molecule has 0 fully saturated rings. The minimum atomic E-state index is 0.0481. The highest BCUT2D eigenvalue weighted by Gasteiger charge is 2.06. The fourth-order valence-electron chi connectivity index (χ4n) is 2.54. The van der Waals surface area contributed by atoms with Gasteiger partial charge in [-0.05, 0) is 44.2 Å². The first-order chi connectivity index (χ1) is 9.79. The molecule has 108 valence electrons. The lowest BCUT2D eigenvalue weighted by molar-refractivity contribution is -0.121. The van der Waals surface area contributed by atoms with Crippen LogP contribution >= 0.6 is 0 Å². The van der Waals surface area contributed by atoms with Crippen LogP contribution in [0, 0.1) is 0 Å². The highest BCUT2D eigenvalue weighted by molar-refractivity contribution is 5.76. The minimum Gasteiger partial charge on any atom is -0.356 e. The van der Waals surface area contributed by atoms with E-state index in [1.165, 1.54) is 31.3 Å². The van der Waals surface area contributed by atoms with Crippen molar-refractivity contribution in [2.24, 2.45) is 0 Å². The van der Waals surface area contributed by atoms with Crippen LogP contribution in [0.4, 0.5) is 0 Å². The number of aldehydes is 1. The Balaban J connectivity index is 1.65. The van der Waals surface area contributed by atoms with E-state index >= 15 is 0 Å². The summed E-state index contributed by atoms with van der Waals surface area (Å²) in [6.07, 6.45) is 11.3. The second kappa shape index (κ2) is 7.68. The fraction of sp³-hybridized carbons (Fsp3) is 0.500. The molecular formula is C16H22N2O2. The standard InChI is InChI=1S/C16H22N2O2/c19-13-15-7-4-11-18(15)12-9-16(20)17-10-8-14-5-2-1-3-6-14/h4-5,7,11,13H,1-3,6,8-10,12H2,(H,17,20). The molecule has 4 heteroatoms. The van der Waals surface area contributed by atoms with Crippen molar-refractivity contribution in [2.75, 3.05) is 6.54 Å². The molecule has 1 amide bonds.